The van der Waals surface area contributed by atoms with Gasteiger partial charge in [0.05, 0.1) is 5.69 Å². The van der Waals surface area contributed by atoms with Gasteiger partial charge in [-0.2, -0.15) is 0 Å². The summed E-state index contributed by atoms with van der Waals surface area (Å²) >= 11 is 0. The van der Waals surface area contributed by atoms with E-state index in [9.17, 15) is 0 Å². The van der Waals surface area contributed by atoms with Crippen molar-refractivity contribution in [1.29, 1.82) is 0 Å². The highest BCUT2D eigenvalue weighted by Crippen LogP contribution is 2.29. The molecule has 4 rings (SSSR count). The first-order valence-corrected chi connectivity index (χ1v) is 9.12. The first-order chi connectivity index (χ1) is 12.4. The maximum atomic E-state index is 4.83. The van der Waals surface area contributed by atoms with Crippen LogP contribution in [0.3, 0.4) is 0 Å². The Morgan fingerprint density at radius 3 is 2.24 bits per heavy atom. The Hall–Kier alpha value is -2.67. The molecule has 2 atom stereocenters. The van der Waals surface area contributed by atoms with Gasteiger partial charge in [0, 0.05) is 17.5 Å². The second kappa shape index (κ2) is 7.48. The van der Waals surface area contributed by atoms with Crippen molar-refractivity contribution >= 4 is 11.4 Å². The fraction of sp³-hybridized carbons (Fsp3) is 0.208. The third kappa shape index (κ3) is 3.88. The van der Waals surface area contributed by atoms with E-state index >= 15 is 0 Å². The minimum Gasteiger partial charge on any atom is -0.253 e. The zero-order valence-electron chi connectivity index (χ0n) is 14.4. The molecule has 0 N–H and O–H groups in total. The third-order valence-electron chi connectivity index (χ3n) is 5.03. The molecular formula is C24H23N. The van der Waals surface area contributed by atoms with E-state index in [1.165, 1.54) is 16.8 Å². The molecule has 1 heteroatoms. The third-order valence-corrected chi connectivity index (χ3v) is 5.03. The molecule has 124 valence electrons. The molecule has 0 saturated carbocycles. The van der Waals surface area contributed by atoms with Crippen LogP contribution in [0.1, 0.15) is 42.2 Å². The van der Waals surface area contributed by atoms with Crippen molar-refractivity contribution < 1.29 is 0 Å². The second-order valence-electron chi connectivity index (χ2n) is 6.76. The number of allylic oxidation sites excluding steroid dienone is 6. The van der Waals surface area contributed by atoms with E-state index in [2.05, 4.69) is 91.1 Å². The van der Waals surface area contributed by atoms with Crippen molar-refractivity contribution in [3.63, 3.8) is 0 Å². The van der Waals surface area contributed by atoms with Gasteiger partial charge in [-0.15, -0.1) is 0 Å². The number of hydrogen-bond acceptors (Lipinski definition) is 1. The van der Waals surface area contributed by atoms with Crippen molar-refractivity contribution in [3.05, 3.63) is 102 Å². The summed E-state index contributed by atoms with van der Waals surface area (Å²) < 4.78 is 0. The average Bonchev–Trinajstić information content (AvgIpc) is 2.71. The summed E-state index contributed by atoms with van der Waals surface area (Å²) in [4.78, 5) is 4.83. The molecule has 0 amide bonds. The Bertz CT molecular complexity index is 822. The molecule has 2 aliphatic carbocycles. The van der Waals surface area contributed by atoms with E-state index in [1.54, 1.807) is 0 Å². The quantitative estimate of drug-likeness (QED) is 0.611. The molecule has 0 heterocycles. The number of rotatable bonds is 3. The fourth-order valence-corrected chi connectivity index (χ4v) is 3.57. The van der Waals surface area contributed by atoms with Gasteiger partial charge < -0.3 is 0 Å². The lowest BCUT2D eigenvalue weighted by atomic mass is 9.88. The first-order valence-electron chi connectivity index (χ1n) is 9.12. The SMILES string of the molecule is C1=CCC(c2ccc(N=C3C=CC(c4ccccc4)CC3)cc2)C=C1. The highest BCUT2D eigenvalue weighted by Gasteiger charge is 2.14. The molecule has 0 spiro atoms. The summed E-state index contributed by atoms with van der Waals surface area (Å²) in [5.41, 5.74) is 5.00. The van der Waals surface area contributed by atoms with Gasteiger partial charge >= 0.3 is 0 Å². The fourth-order valence-electron chi connectivity index (χ4n) is 3.57. The predicted octanol–water partition coefficient (Wildman–Crippen LogP) is 6.49. The van der Waals surface area contributed by atoms with Crippen molar-refractivity contribution in [2.24, 2.45) is 4.99 Å². The minimum absolute atomic E-state index is 0.507. The number of benzene rings is 2. The Morgan fingerprint density at radius 2 is 1.56 bits per heavy atom. The summed E-state index contributed by atoms with van der Waals surface area (Å²) in [5, 5.41) is 0. The zero-order chi connectivity index (χ0) is 16.9. The van der Waals surface area contributed by atoms with Gasteiger partial charge in [-0.25, -0.2) is 0 Å². The molecule has 1 nitrogen and oxygen atoms in total. The molecule has 0 bridgehead atoms. The van der Waals surface area contributed by atoms with E-state index in [0.29, 0.717) is 11.8 Å². The topological polar surface area (TPSA) is 12.4 Å². The van der Waals surface area contributed by atoms with Crippen LogP contribution in [0.4, 0.5) is 5.69 Å². The maximum Gasteiger partial charge on any atom is 0.0633 e. The summed E-state index contributed by atoms with van der Waals surface area (Å²) in [7, 11) is 0. The lowest BCUT2D eigenvalue weighted by Gasteiger charge is -2.18. The molecule has 0 saturated heterocycles. The van der Waals surface area contributed by atoms with E-state index in [1.807, 2.05) is 0 Å². The Kier molecular flexibility index (Phi) is 4.74. The highest BCUT2D eigenvalue weighted by molar-refractivity contribution is 5.97. The van der Waals surface area contributed by atoms with Gasteiger partial charge in [0.15, 0.2) is 0 Å². The van der Waals surface area contributed by atoms with Crippen LogP contribution in [-0.4, -0.2) is 5.71 Å². The van der Waals surface area contributed by atoms with Crippen molar-refractivity contribution in [2.75, 3.05) is 0 Å². The van der Waals surface area contributed by atoms with Crippen LogP contribution in [0.2, 0.25) is 0 Å². The average molecular weight is 325 g/mol. The maximum absolute atomic E-state index is 4.83. The Labute approximate surface area is 150 Å². The number of aliphatic imine (C=N–C) groups is 1. The van der Waals surface area contributed by atoms with Crippen molar-refractivity contribution in [3.8, 4) is 0 Å². The zero-order valence-corrected chi connectivity index (χ0v) is 14.4. The summed E-state index contributed by atoms with van der Waals surface area (Å²) in [6.07, 6.45) is 16.5. The molecule has 25 heavy (non-hydrogen) atoms. The first kappa shape index (κ1) is 15.8. The molecule has 0 aliphatic heterocycles. The molecule has 2 aliphatic rings. The van der Waals surface area contributed by atoms with Gasteiger partial charge in [0.1, 0.15) is 0 Å². The standard InChI is InChI=1S/C24H23N/c1-3-7-19(8-4-1)21-11-15-23(16-12-21)25-24-17-13-22(14-18-24)20-9-5-2-6-10-20/h1-9,11,13-15,17-18,20-21H,10,12,16H2. The molecule has 0 radical (unpaired) electrons. The normalized spacial score (nSPS) is 23.9. The molecular weight excluding hydrogens is 302 g/mol. The lowest BCUT2D eigenvalue weighted by molar-refractivity contribution is 0.755. The van der Waals surface area contributed by atoms with Gasteiger partial charge in [-0.05, 0) is 48.6 Å². The molecule has 2 unspecified atom stereocenters. The van der Waals surface area contributed by atoms with E-state index in [4.69, 9.17) is 4.99 Å². The number of hydrogen-bond donors (Lipinski definition) is 0. The summed E-state index contributed by atoms with van der Waals surface area (Å²) in [5.74, 6) is 1.03. The highest BCUT2D eigenvalue weighted by atomic mass is 14.7. The molecule has 0 fully saturated rings. The van der Waals surface area contributed by atoms with Crippen LogP contribution >= 0.6 is 0 Å². The van der Waals surface area contributed by atoms with Crippen LogP contribution < -0.4 is 0 Å². The largest absolute Gasteiger partial charge is 0.253 e. The van der Waals surface area contributed by atoms with Crippen LogP contribution in [-0.2, 0) is 0 Å². The lowest BCUT2D eigenvalue weighted by Crippen LogP contribution is -2.06. The Balaban J connectivity index is 1.45. The van der Waals surface area contributed by atoms with E-state index in [-0.39, 0.29) is 0 Å². The van der Waals surface area contributed by atoms with Gasteiger partial charge in [-0.1, -0.05) is 72.8 Å². The van der Waals surface area contributed by atoms with Crippen LogP contribution in [0.15, 0.2) is 96.0 Å². The monoisotopic (exact) mass is 325 g/mol. The van der Waals surface area contributed by atoms with Gasteiger partial charge in [0.25, 0.3) is 0 Å². The van der Waals surface area contributed by atoms with Crippen LogP contribution in [0.25, 0.3) is 0 Å². The smallest absolute Gasteiger partial charge is 0.0633 e. The summed E-state index contributed by atoms with van der Waals surface area (Å²) in [6.45, 7) is 0. The van der Waals surface area contributed by atoms with E-state index in [0.717, 1.165) is 24.9 Å². The van der Waals surface area contributed by atoms with Crippen molar-refractivity contribution in [1.82, 2.24) is 0 Å². The predicted molar refractivity (Wildman–Crippen MR) is 107 cm³/mol. The van der Waals surface area contributed by atoms with Gasteiger partial charge in [-0.3, -0.25) is 4.99 Å². The van der Waals surface area contributed by atoms with Crippen LogP contribution in [0.5, 0.6) is 0 Å². The molecule has 0 aromatic heterocycles. The van der Waals surface area contributed by atoms with E-state index < -0.39 is 0 Å². The second-order valence-corrected chi connectivity index (χ2v) is 6.76. The summed E-state index contributed by atoms with van der Waals surface area (Å²) in [6, 6.07) is 19.5. The Morgan fingerprint density at radius 1 is 0.760 bits per heavy atom. The van der Waals surface area contributed by atoms with Gasteiger partial charge in [0.2, 0.25) is 0 Å². The molecule has 2 aromatic carbocycles. The van der Waals surface area contributed by atoms with Crippen molar-refractivity contribution in [2.45, 2.75) is 31.1 Å². The van der Waals surface area contributed by atoms with Crippen LogP contribution in [0, 0.1) is 0 Å². The number of nitrogens with zero attached hydrogens (tertiary/aromatic N) is 1. The molecule has 2 aromatic rings. The minimum atomic E-state index is 0.507.